The van der Waals surface area contributed by atoms with E-state index >= 15 is 0 Å². The molecule has 0 aliphatic heterocycles. The third-order valence-electron chi connectivity index (χ3n) is 3.51. The lowest BCUT2D eigenvalue weighted by molar-refractivity contribution is -0.132. The molecule has 1 aromatic carbocycles. The van der Waals surface area contributed by atoms with Gasteiger partial charge in [-0.25, -0.2) is 4.79 Å². The van der Waals surface area contributed by atoms with Crippen LogP contribution >= 0.6 is 11.6 Å². The number of halogens is 1. The van der Waals surface area contributed by atoms with E-state index in [4.69, 9.17) is 16.3 Å². The zero-order chi connectivity index (χ0) is 19.1. The van der Waals surface area contributed by atoms with Gasteiger partial charge >= 0.3 is 5.97 Å². The number of rotatable bonds is 7. The largest absolute Gasteiger partial charge is 0.494 e. The van der Waals surface area contributed by atoms with Crippen LogP contribution in [-0.4, -0.2) is 22.7 Å². The molecular weight excluding hydrogens is 352 g/mol. The monoisotopic (exact) mass is 372 g/mol. The Kier molecular flexibility index (Phi) is 6.81. The summed E-state index contributed by atoms with van der Waals surface area (Å²) in [6, 6.07) is 11.4. The van der Waals surface area contributed by atoms with Gasteiger partial charge in [0.15, 0.2) is 0 Å². The smallest absolute Gasteiger partial charge is 0.337 e. The first kappa shape index (κ1) is 19.5. The van der Waals surface area contributed by atoms with E-state index in [1.807, 2.05) is 43.3 Å². The first-order valence-corrected chi connectivity index (χ1v) is 8.52. The Hall–Kier alpha value is -2.79. The number of aliphatic carboxylic acids is 1. The summed E-state index contributed by atoms with van der Waals surface area (Å²) in [6.45, 7) is 5.85. The average Bonchev–Trinajstić information content (AvgIpc) is 2.60. The fourth-order valence-electron chi connectivity index (χ4n) is 2.36. The number of pyridine rings is 1. The van der Waals surface area contributed by atoms with Crippen LogP contribution in [0, 0.1) is 0 Å². The lowest BCUT2D eigenvalue weighted by Gasteiger charge is -2.10. The molecule has 0 radical (unpaired) electrons. The van der Waals surface area contributed by atoms with Crippen molar-refractivity contribution in [1.29, 1.82) is 0 Å². The van der Waals surface area contributed by atoms with E-state index in [-0.39, 0.29) is 5.57 Å². The van der Waals surface area contributed by atoms with Crippen LogP contribution in [0.2, 0.25) is 0 Å². The van der Waals surface area contributed by atoms with Crippen molar-refractivity contribution in [3.8, 4) is 17.0 Å². The van der Waals surface area contributed by atoms with Gasteiger partial charge in [0, 0.05) is 16.3 Å². The molecule has 0 saturated heterocycles. The van der Waals surface area contributed by atoms with Gasteiger partial charge in [0.05, 0.1) is 29.8 Å². The van der Waals surface area contributed by atoms with Gasteiger partial charge in [-0.2, -0.15) is 0 Å². The summed E-state index contributed by atoms with van der Waals surface area (Å²) >= 11 is 5.80. The first-order chi connectivity index (χ1) is 12.4. The highest BCUT2D eigenvalue weighted by atomic mass is 35.5. The molecule has 5 nitrogen and oxygen atoms in total. The Balaban J connectivity index is 2.23. The van der Waals surface area contributed by atoms with Crippen LogP contribution in [0.1, 0.15) is 20.8 Å². The van der Waals surface area contributed by atoms with Crippen LogP contribution in [0.25, 0.3) is 11.3 Å². The molecule has 26 heavy (non-hydrogen) atoms. The topological polar surface area (TPSA) is 71.5 Å². The molecular formula is C20H21ClN2O3. The zero-order valence-electron chi connectivity index (χ0n) is 14.9. The number of nitrogens with one attached hydrogen (secondary N) is 1. The lowest BCUT2D eigenvalue weighted by Crippen LogP contribution is -2.07. The second-order valence-corrected chi connectivity index (χ2v) is 6.19. The summed E-state index contributed by atoms with van der Waals surface area (Å²) in [6.07, 6.45) is 3.07. The third kappa shape index (κ3) is 5.36. The van der Waals surface area contributed by atoms with Gasteiger partial charge in [0.1, 0.15) is 5.75 Å². The molecule has 0 saturated carbocycles. The summed E-state index contributed by atoms with van der Waals surface area (Å²) in [5.74, 6) is -0.255. The summed E-state index contributed by atoms with van der Waals surface area (Å²) in [5, 5.41) is 12.7. The number of nitrogens with zero attached hydrogens (tertiary/aromatic N) is 1. The minimum atomic E-state index is -1.05. The number of carboxylic acid groups (broad SMARTS) is 1. The normalized spacial score (nSPS) is 12.4. The highest BCUT2D eigenvalue weighted by molar-refractivity contribution is 6.29. The maximum atomic E-state index is 11.4. The van der Waals surface area contributed by atoms with Crippen LogP contribution in [-0.2, 0) is 4.79 Å². The van der Waals surface area contributed by atoms with Gasteiger partial charge in [-0.05, 0) is 51.1 Å². The van der Waals surface area contributed by atoms with Gasteiger partial charge < -0.3 is 15.2 Å². The van der Waals surface area contributed by atoms with Gasteiger partial charge in [-0.3, -0.25) is 4.98 Å². The standard InChI is InChI=1S/C20H21ClN2O3/c1-4-26-17-7-5-6-15(11-17)19-9-8-16(12-22-19)23-14(3)18(20(24)25)10-13(2)21/h5-12,23H,4H2,1-3H3,(H,24,25)/b13-10+,18-14-. The van der Waals surface area contributed by atoms with Crippen molar-refractivity contribution < 1.29 is 14.6 Å². The van der Waals surface area contributed by atoms with E-state index in [2.05, 4.69) is 10.3 Å². The highest BCUT2D eigenvalue weighted by Gasteiger charge is 2.10. The number of hydrogen-bond acceptors (Lipinski definition) is 4. The molecule has 0 aliphatic rings. The molecule has 1 aromatic heterocycles. The lowest BCUT2D eigenvalue weighted by atomic mass is 10.1. The Labute approximate surface area is 158 Å². The zero-order valence-corrected chi connectivity index (χ0v) is 15.7. The molecule has 0 bridgehead atoms. The molecule has 136 valence electrons. The van der Waals surface area contributed by atoms with Crippen LogP contribution in [0.3, 0.4) is 0 Å². The van der Waals surface area contributed by atoms with Crippen molar-refractivity contribution in [2.45, 2.75) is 20.8 Å². The summed E-state index contributed by atoms with van der Waals surface area (Å²) < 4.78 is 5.51. The molecule has 2 N–H and O–H groups in total. The van der Waals surface area contributed by atoms with E-state index < -0.39 is 5.97 Å². The van der Waals surface area contributed by atoms with E-state index in [0.29, 0.717) is 23.0 Å². The first-order valence-electron chi connectivity index (χ1n) is 8.15. The molecule has 6 heteroatoms. The number of hydrogen-bond donors (Lipinski definition) is 2. The second-order valence-electron chi connectivity index (χ2n) is 5.59. The van der Waals surface area contributed by atoms with Crippen LogP contribution in [0.5, 0.6) is 5.75 Å². The molecule has 0 aliphatic carbocycles. The molecule has 0 atom stereocenters. The number of aromatic nitrogens is 1. The van der Waals surface area contributed by atoms with Crippen molar-refractivity contribution in [2.24, 2.45) is 0 Å². The molecule has 1 heterocycles. The van der Waals surface area contributed by atoms with E-state index in [1.54, 1.807) is 20.0 Å². The predicted molar refractivity (Wildman–Crippen MR) is 104 cm³/mol. The summed E-state index contributed by atoms with van der Waals surface area (Å²) in [5.41, 5.74) is 3.01. The number of allylic oxidation sites excluding steroid dienone is 2. The summed E-state index contributed by atoms with van der Waals surface area (Å²) in [4.78, 5) is 15.8. The molecule has 0 fully saturated rings. The SMILES string of the molecule is CCOc1cccc(-c2ccc(N/C(C)=C(/C=C(\C)Cl)C(=O)O)cn2)c1. The maximum absolute atomic E-state index is 11.4. The van der Waals surface area contributed by atoms with E-state index in [1.165, 1.54) is 6.08 Å². The Morgan fingerprint density at radius 2 is 2.08 bits per heavy atom. The van der Waals surface area contributed by atoms with Gasteiger partial charge in [0.2, 0.25) is 0 Å². The van der Waals surface area contributed by atoms with E-state index in [9.17, 15) is 9.90 Å². The fourth-order valence-corrected chi connectivity index (χ4v) is 2.47. The fraction of sp³-hybridized carbons (Fsp3) is 0.200. The maximum Gasteiger partial charge on any atom is 0.337 e. The van der Waals surface area contributed by atoms with E-state index in [0.717, 1.165) is 17.0 Å². The Bertz CT molecular complexity index is 838. The number of carbonyl (C=O) groups is 1. The molecule has 2 aromatic rings. The number of ether oxygens (including phenoxy) is 1. The second kappa shape index (κ2) is 9.06. The molecule has 0 spiro atoms. The van der Waals surface area contributed by atoms with Crippen LogP contribution < -0.4 is 10.1 Å². The minimum absolute atomic E-state index is 0.103. The predicted octanol–water partition coefficient (Wildman–Crippen LogP) is 5.06. The van der Waals surface area contributed by atoms with Crippen molar-refractivity contribution >= 4 is 23.3 Å². The van der Waals surface area contributed by atoms with Crippen molar-refractivity contribution in [2.75, 3.05) is 11.9 Å². The quantitative estimate of drug-likeness (QED) is 0.525. The van der Waals surface area contributed by atoms with Crippen LogP contribution in [0.15, 0.2) is 65.0 Å². The number of carboxylic acids is 1. The molecule has 0 amide bonds. The number of anilines is 1. The van der Waals surface area contributed by atoms with Gasteiger partial charge in [0.25, 0.3) is 0 Å². The molecule has 0 unspecified atom stereocenters. The average molecular weight is 373 g/mol. The minimum Gasteiger partial charge on any atom is -0.494 e. The van der Waals surface area contributed by atoms with Gasteiger partial charge in [-0.1, -0.05) is 23.7 Å². The Morgan fingerprint density at radius 3 is 2.65 bits per heavy atom. The third-order valence-corrected chi connectivity index (χ3v) is 3.62. The highest BCUT2D eigenvalue weighted by Crippen LogP contribution is 2.24. The van der Waals surface area contributed by atoms with Crippen molar-refractivity contribution in [3.05, 3.63) is 65.0 Å². The molecule has 2 rings (SSSR count). The van der Waals surface area contributed by atoms with Gasteiger partial charge in [-0.15, -0.1) is 0 Å². The van der Waals surface area contributed by atoms with Crippen molar-refractivity contribution in [1.82, 2.24) is 4.98 Å². The Morgan fingerprint density at radius 1 is 1.31 bits per heavy atom. The number of benzene rings is 1. The van der Waals surface area contributed by atoms with Crippen molar-refractivity contribution in [3.63, 3.8) is 0 Å². The summed E-state index contributed by atoms with van der Waals surface area (Å²) in [7, 11) is 0. The van der Waals surface area contributed by atoms with Crippen LogP contribution in [0.4, 0.5) is 5.69 Å².